The lowest BCUT2D eigenvalue weighted by Gasteiger charge is -2.35. The molecule has 1 rings (SSSR count). The Kier molecular flexibility index (Phi) is 10.4. The van der Waals surface area contributed by atoms with Gasteiger partial charge in [-0.3, -0.25) is 9.59 Å². The molecule has 1 aromatic carbocycles. The lowest BCUT2D eigenvalue weighted by molar-refractivity contribution is -0.141. The number of hydrogen-bond acceptors (Lipinski definition) is 4. The van der Waals surface area contributed by atoms with Crippen molar-refractivity contribution >= 4 is 17.9 Å². The van der Waals surface area contributed by atoms with Gasteiger partial charge in [-0.1, -0.05) is 38.0 Å². The fourth-order valence-electron chi connectivity index (χ4n) is 3.45. The van der Waals surface area contributed by atoms with Crippen LogP contribution in [0.2, 0.25) is 0 Å². The number of aryl methyl sites for hydroxylation is 1. The summed E-state index contributed by atoms with van der Waals surface area (Å²) in [6.45, 7) is 17.3. The Bertz CT molecular complexity index is 822. The minimum atomic E-state index is -0.797. The highest BCUT2D eigenvalue weighted by Crippen LogP contribution is 2.28. The first kappa shape index (κ1) is 28.5. The molecule has 0 bridgehead atoms. The second-order valence-corrected chi connectivity index (χ2v) is 10.6. The van der Waals surface area contributed by atoms with Gasteiger partial charge in [-0.2, -0.15) is 0 Å². The zero-order chi connectivity index (χ0) is 25.4. The van der Waals surface area contributed by atoms with E-state index in [9.17, 15) is 14.4 Å². The summed E-state index contributed by atoms with van der Waals surface area (Å²) in [5.74, 6) is -0.565. The molecule has 3 amide bonds. The summed E-state index contributed by atoms with van der Waals surface area (Å²) in [5.41, 5.74) is 1.69. The third-order valence-electron chi connectivity index (χ3n) is 5.11. The van der Waals surface area contributed by atoms with E-state index in [4.69, 9.17) is 4.74 Å². The third-order valence-corrected chi connectivity index (χ3v) is 5.11. The molecule has 1 aromatic rings. The second-order valence-electron chi connectivity index (χ2n) is 10.6. The van der Waals surface area contributed by atoms with Crippen LogP contribution < -0.4 is 10.6 Å². The number of rotatable bonds is 9. The molecule has 0 aliphatic heterocycles. The maximum Gasteiger partial charge on any atom is 0.408 e. The highest BCUT2D eigenvalue weighted by atomic mass is 16.6. The molecule has 2 N–H and O–H groups in total. The summed E-state index contributed by atoms with van der Waals surface area (Å²) in [5, 5.41) is 5.59. The summed E-state index contributed by atoms with van der Waals surface area (Å²) in [6, 6.07) is 5.00. The molecule has 0 saturated carbocycles. The van der Waals surface area contributed by atoms with E-state index in [1.807, 2.05) is 52.8 Å². The molecule has 7 nitrogen and oxygen atoms in total. The van der Waals surface area contributed by atoms with E-state index in [1.165, 1.54) is 0 Å². The van der Waals surface area contributed by atoms with Gasteiger partial charge in [-0.05, 0) is 78.5 Å². The fourth-order valence-corrected chi connectivity index (χ4v) is 3.45. The van der Waals surface area contributed by atoms with Crippen LogP contribution in [0.25, 0.3) is 0 Å². The first-order chi connectivity index (χ1) is 15.2. The SMILES string of the molecule is CCCCCN(C(=O)CNC(=O)OC(C)(C)C)C(C(=O)NC(C)(C)C)c1cccc(C)c1C. The Morgan fingerprint density at radius 3 is 2.21 bits per heavy atom. The number of ether oxygens (including phenoxy) is 1. The number of benzene rings is 1. The molecule has 33 heavy (non-hydrogen) atoms. The Balaban J connectivity index is 3.32. The summed E-state index contributed by atoms with van der Waals surface area (Å²) >= 11 is 0. The molecule has 0 aliphatic carbocycles. The van der Waals surface area contributed by atoms with Gasteiger partial charge in [0.2, 0.25) is 11.8 Å². The summed E-state index contributed by atoms with van der Waals surface area (Å²) in [6.07, 6.45) is 2.02. The number of unbranched alkanes of at least 4 members (excludes halogenated alkanes) is 2. The average molecular weight is 462 g/mol. The molecule has 0 aliphatic rings. The molecule has 1 unspecified atom stereocenters. The van der Waals surface area contributed by atoms with Crippen molar-refractivity contribution in [3.63, 3.8) is 0 Å². The summed E-state index contributed by atoms with van der Waals surface area (Å²) in [4.78, 5) is 40.6. The molecule has 0 heterocycles. The first-order valence-corrected chi connectivity index (χ1v) is 11.8. The lowest BCUT2D eigenvalue weighted by Crippen LogP contribution is -2.51. The van der Waals surface area contributed by atoms with Crippen LogP contribution in [0.3, 0.4) is 0 Å². The summed E-state index contributed by atoms with van der Waals surface area (Å²) in [7, 11) is 0. The van der Waals surface area contributed by atoms with Crippen LogP contribution in [-0.2, 0) is 14.3 Å². The first-order valence-electron chi connectivity index (χ1n) is 11.8. The van der Waals surface area contributed by atoms with E-state index in [2.05, 4.69) is 17.6 Å². The van der Waals surface area contributed by atoms with Crippen LogP contribution in [0.4, 0.5) is 4.79 Å². The molecular weight excluding hydrogens is 418 g/mol. The van der Waals surface area contributed by atoms with Crippen LogP contribution in [0, 0.1) is 13.8 Å². The topological polar surface area (TPSA) is 87.7 Å². The Labute approximate surface area is 199 Å². The molecule has 0 fully saturated rings. The fraction of sp³-hybridized carbons (Fsp3) is 0.654. The number of alkyl carbamates (subject to hydrolysis) is 1. The molecule has 186 valence electrons. The lowest BCUT2D eigenvalue weighted by atomic mass is 9.94. The van der Waals surface area contributed by atoms with Crippen molar-refractivity contribution in [2.24, 2.45) is 0 Å². The van der Waals surface area contributed by atoms with Crippen molar-refractivity contribution < 1.29 is 19.1 Å². The largest absolute Gasteiger partial charge is 0.444 e. The van der Waals surface area contributed by atoms with Gasteiger partial charge in [0.15, 0.2) is 0 Å². The average Bonchev–Trinajstić information content (AvgIpc) is 2.65. The predicted molar refractivity (Wildman–Crippen MR) is 132 cm³/mol. The Morgan fingerprint density at radius 1 is 1.03 bits per heavy atom. The molecule has 7 heteroatoms. The van der Waals surface area contributed by atoms with E-state index in [0.29, 0.717) is 6.54 Å². The van der Waals surface area contributed by atoms with E-state index in [-0.39, 0.29) is 18.4 Å². The number of carbonyl (C=O) groups excluding carboxylic acids is 3. The predicted octanol–water partition coefficient (Wildman–Crippen LogP) is 4.80. The summed E-state index contributed by atoms with van der Waals surface area (Å²) < 4.78 is 5.26. The van der Waals surface area contributed by atoms with Crippen LogP contribution in [0.5, 0.6) is 0 Å². The second kappa shape index (κ2) is 12.1. The molecule has 0 saturated heterocycles. The maximum absolute atomic E-state index is 13.5. The number of nitrogens with zero attached hydrogens (tertiary/aromatic N) is 1. The van der Waals surface area contributed by atoms with Gasteiger partial charge in [0.1, 0.15) is 18.2 Å². The number of nitrogens with one attached hydrogen (secondary N) is 2. The van der Waals surface area contributed by atoms with Crippen molar-refractivity contribution in [2.75, 3.05) is 13.1 Å². The molecule has 0 aromatic heterocycles. The smallest absolute Gasteiger partial charge is 0.408 e. The normalized spacial score (nSPS) is 12.6. The van der Waals surface area contributed by atoms with Gasteiger partial charge in [0.25, 0.3) is 0 Å². The van der Waals surface area contributed by atoms with Gasteiger partial charge >= 0.3 is 6.09 Å². The number of hydrogen-bond donors (Lipinski definition) is 2. The molecule has 0 radical (unpaired) electrons. The van der Waals surface area contributed by atoms with Crippen molar-refractivity contribution in [1.29, 1.82) is 0 Å². The van der Waals surface area contributed by atoms with E-state index in [0.717, 1.165) is 36.0 Å². The van der Waals surface area contributed by atoms with Crippen molar-refractivity contribution in [3.8, 4) is 0 Å². The van der Waals surface area contributed by atoms with Gasteiger partial charge < -0.3 is 20.3 Å². The van der Waals surface area contributed by atoms with E-state index >= 15 is 0 Å². The van der Waals surface area contributed by atoms with Gasteiger partial charge in [-0.25, -0.2) is 4.79 Å². The standard InChI is InChI=1S/C26H43N3O4/c1-10-11-12-16-29(21(30)17-27-24(32)33-26(7,8)9)22(23(31)28-25(4,5)6)20-15-13-14-18(2)19(20)3/h13-15,22H,10-12,16-17H2,1-9H3,(H,27,32)(H,28,31). The molecular formula is C26H43N3O4. The highest BCUT2D eigenvalue weighted by molar-refractivity contribution is 5.91. The quantitative estimate of drug-likeness (QED) is 0.517. The highest BCUT2D eigenvalue weighted by Gasteiger charge is 2.34. The third kappa shape index (κ3) is 9.84. The van der Waals surface area contributed by atoms with Crippen LogP contribution in [0.1, 0.15) is 90.5 Å². The zero-order valence-electron chi connectivity index (χ0n) is 21.9. The van der Waals surface area contributed by atoms with Crippen molar-refractivity contribution in [1.82, 2.24) is 15.5 Å². The van der Waals surface area contributed by atoms with E-state index in [1.54, 1.807) is 25.7 Å². The molecule has 0 spiro atoms. The van der Waals surface area contributed by atoms with Crippen molar-refractivity contribution in [2.45, 2.75) is 98.8 Å². The van der Waals surface area contributed by atoms with Gasteiger partial charge in [0, 0.05) is 12.1 Å². The van der Waals surface area contributed by atoms with Crippen molar-refractivity contribution in [3.05, 3.63) is 34.9 Å². The van der Waals surface area contributed by atoms with Gasteiger partial charge in [0.05, 0.1) is 0 Å². The Hall–Kier alpha value is -2.57. The van der Waals surface area contributed by atoms with Crippen LogP contribution in [0.15, 0.2) is 18.2 Å². The minimum Gasteiger partial charge on any atom is -0.444 e. The monoisotopic (exact) mass is 461 g/mol. The molecule has 1 atom stereocenters. The van der Waals surface area contributed by atoms with E-state index < -0.39 is 23.3 Å². The maximum atomic E-state index is 13.5. The number of amides is 3. The van der Waals surface area contributed by atoms with Crippen LogP contribution in [-0.4, -0.2) is 47.0 Å². The number of carbonyl (C=O) groups is 3. The Morgan fingerprint density at radius 2 is 1.67 bits per heavy atom. The minimum absolute atomic E-state index is 0.238. The van der Waals surface area contributed by atoms with Gasteiger partial charge in [-0.15, -0.1) is 0 Å². The zero-order valence-corrected chi connectivity index (χ0v) is 21.9. The van der Waals surface area contributed by atoms with Crippen LogP contribution >= 0.6 is 0 Å².